The maximum atomic E-state index is 12.1. The minimum atomic E-state index is -0.0619. The van der Waals surface area contributed by atoms with Crippen molar-refractivity contribution in [2.45, 2.75) is 27.7 Å². The molecule has 0 bridgehead atoms. The number of nitrogens with two attached hydrogens (primary N) is 1. The summed E-state index contributed by atoms with van der Waals surface area (Å²) in [6.07, 6.45) is 0. The third-order valence-electron chi connectivity index (χ3n) is 2.96. The lowest BCUT2D eigenvalue weighted by molar-refractivity contribution is 0.0950. The largest absolute Gasteiger partial charge is 0.393 e. The van der Waals surface area contributed by atoms with Crippen LogP contribution in [-0.4, -0.2) is 17.4 Å². The fraction of sp³-hybridized carbons (Fsp3) is 0.429. The van der Waals surface area contributed by atoms with Gasteiger partial charge in [0.1, 0.15) is 0 Å². The van der Waals surface area contributed by atoms with Gasteiger partial charge in [-0.15, -0.1) is 0 Å². The van der Waals surface area contributed by atoms with Gasteiger partial charge in [-0.05, 0) is 31.9 Å². The van der Waals surface area contributed by atoms with Gasteiger partial charge in [-0.2, -0.15) is 0 Å². The maximum Gasteiger partial charge on any atom is 0.251 e. The number of aryl methyl sites for hydroxylation is 3. The molecule has 0 aliphatic heterocycles. The lowest BCUT2D eigenvalue weighted by Crippen LogP contribution is -2.34. The van der Waals surface area contributed by atoms with Crippen molar-refractivity contribution >= 4 is 23.1 Å². The Morgan fingerprint density at radius 2 is 1.83 bits per heavy atom. The fourth-order valence-electron chi connectivity index (χ4n) is 1.97. The molecule has 0 saturated carbocycles. The first-order chi connectivity index (χ1) is 8.32. The number of benzene rings is 1. The average molecular weight is 264 g/mol. The molecular weight excluding hydrogens is 244 g/mol. The number of hydrogen-bond acceptors (Lipinski definition) is 2. The Hall–Kier alpha value is -1.42. The molecule has 98 valence electrons. The van der Waals surface area contributed by atoms with Gasteiger partial charge in [-0.1, -0.05) is 36.8 Å². The standard InChI is InChI=1S/C14H20N2OS/c1-8-5-9(2)12(10(3)6-8)14(17)16-7-11(4)13(15)18/h5-6,11H,7H2,1-4H3,(H2,15,18)(H,16,17). The summed E-state index contributed by atoms with van der Waals surface area (Å²) < 4.78 is 0. The predicted octanol–water partition coefficient (Wildman–Crippen LogP) is 2.26. The van der Waals surface area contributed by atoms with E-state index in [4.69, 9.17) is 18.0 Å². The second kappa shape index (κ2) is 5.96. The zero-order chi connectivity index (χ0) is 13.9. The fourth-order valence-corrected chi connectivity index (χ4v) is 2.06. The molecule has 1 amide bonds. The van der Waals surface area contributed by atoms with Gasteiger partial charge >= 0.3 is 0 Å². The Kier molecular flexibility index (Phi) is 4.84. The van der Waals surface area contributed by atoms with Gasteiger partial charge in [0.05, 0.1) is 4.99 Å². The molecule has 0 heterocycles. The highest BCUT2D eigenvalue weighted by Crippen LogP contribution is 2.16. The highest BCUT2D eigenvalue weighted by molar-refractivity contribution is 7.80. The number of carbonyl (C=O) groups is 1. The summed E-state index contributed by atoms with van der Waals surface area (Å²) in [6.45, 7) is 8.30. The molecule has 4 heteroatoms. The number of rotatable bonds is 4. The van der Waals surface area contributed by atoms with Crippen LogP contribution in [0.15, 0.2) is 12.1 Å². The Labute approximate surface area is 114 Å². The van der Waals surface area contributed by atoms with Crippen LogP contribution in [0.4, 0.5) is 0 Å². The molecule has 18 heavy (non-hydrogen) atoms. The van der Waals surface area contributed by atoms with Crippen LogP contribution in [0.2, 0.25) is 0 Å². The molecule has 0 aromatic heterocycles. The quantitative estimate of drug-likeness (QED) is 0.820. The highest BCUT2D eigenvalue weighted by atomic mass is 32.1. The summed E-state index contributed by atoms with van der Waals surface area (Å²) in [4.78, 5) is 12.6. The van der Waals surface area contributed by atoms with E-state index >= 15 is 0 Å². The molecule has 0 fully saturated rings. The Morgan fingerprint density at radius 1 is 1.33 bits per heavy atom. The van der Waals surface area contributed by atoms with Gasteiger partial charge < -0.3 is 11.1 Å². The Balaban J connectivity index is 2.82. The summed E-state index contributed by atoms with van der Waals surface area (Å²) in [6, 6.07) is 4.03. The van der Waals surface area contributed by atoms with Crippen molar-refractivity contribution in [1.82, 2.24) is 5.32 Å². The van der Waals surface area contributed by atoms with E-state index in [9.17, 15) is 4.79 Å². The normalized spacial score (nSPS) is 12.0. The second-order valence-corrected chi connectivity index (χ2v) is 5.26. The SMILES string of the molecule is Cc1cc(C)c(C(=O)NCC(C)C(N)=S)c(C)c1. The molecule has 3 nitrogen and oxygen atoms in total. The summed E-state index contributed by atoms with van der Waals surface area (Å²) in [5.41, 5.74) is 9.42. The molecule has 1 aromatic carbocycles. The van der Waals surface area contributed by atoms with E-state index < -0.39 is 0 Å². The van der Waals surface area contributed by atoms with E-state index in [0.29, 0.717) is 11.5 Å². The van der Waals surface area contributed by atoms with E-state index in [1.807, 2.05) is 39.8 Å². The molecule has 0 spiro atoms. The van der Waals surface area contributed by atoms with Crippen molar-refractivity contribution in [3.63, 3.8) is 0 Å². The minimum absolute atomic E-state index is 0.00927. The van der Waals surface area contributed by atoms with Gasteiger partial charge in [-0.25, -0.2) is 0 Å². The lowest BCUT2D eigenvalue weighted by atomic mass is 9.99. The predicted molar refractivity (Wildman–Crippen MR) is 78.9 cm³/mol. The number of hydrogen-bond donors (Lipinski definition) is 2. The van der Waals surface area contributed by atoms with Crippen LogP contribution < -0.4 is 11.1 Å². The number of nitrogens with one attached hydrogen (secondary N) is 1. The van der Waals surface area contributed by atoms with Crippen molar-refractivity contribution in [2.75, 3.05) is 6.54 Å². The van der Waals surface area contributed by atoms with E-state index in [1.54, 1.807) is 0 Å². The summed E-state index contributed by atoms with van der Waals surface area (Å²) in [5.74, 6) is -0.0527. The van der Waals surface area contributed by atoms with Gasteiger partial charge in [0.2, 0.25) is 0 Å². The molecule has 0 aliphatic carbocycles. The molecule has 1 rings (SSSR count). The molecule has 3 N–H and O–H groups in total. The highest BCUT2D eigenvalue weighted by Gasteiger charge is 2.14. The second-order valence-electron chi connectivity index (χ2n) is 4.79. The topological polar surface area (TPSA) is 55.1 Å². The van der Waals surface area contributed by atoms with Crippen LogP contribution in [-0.2, 0) is 0 Å². The summed E-state index contributed by atoms with van der Waals surface area (Å²) >= 11 is 4.88. The van der Waals surface area contributed by atoms with Crippen LogP contribution in [0.25, 0.3) is 0 Å². The van der Waals surface area contributed by atoms with Crippen molar-refractivity contribution in [1.29, 1.82) is 0 Å². The first kappa shape index (κ1) is 14.6. The van der Waals surface area contributed by atoms with Gasteiger partial charge in [0, 0.05) is 18.0 Å². The lowest BCUT2D eigenvalue weighted by Gasteiger charge is -2.14. The third-order valence-corrected chi connectivity index (χ3v) is 3.36. The Morgan fingerprint density at radius 3 is 2.28 bits per heavy atom. The van der Waals surface area contributed by atoms with E-state index in [-0.39, 0.29) is 11.8 Å². The smallest absolute Gasteiger partial charge is 0.251 e. The van der Waals surface area contributed by atoms with Crippen molar-refractivity contribution in [3.05, 3.63) is 34.4 Å². The zero-order valence-corrected chi connectivity index (χ0v) is 12.1. The molecule has 1 unspecified atom stereocenters. The minimum Gasteiger partial charge on any atom is -0.393 e. The molecule has 1 atom stereocenters. The first-order valence-corrected chi connectivity index (χ1v) is 6.39. The number of amides is 1. The van der Waals surface area contributed by atoms with Gasteiger partial charge in [0.25, 0.3) is 5.91 Å². The van der Waals surface area contributed by atoms with Crippen LogP contribution in [0.3, 0.4) is 0 Å². The van der Waals surface area contributed by atoms with Crippen molar-refractivity contribution in [2.24, 2.45) is 11.7 Å². The molecule has 0 saturated heterocycles. The molecule has 1 aromatic rings. The van der Waals surface area contributed by atoms with E-state index in [2.05, 4.69) is 5.32 Å². The van der Waals surface area contributed by atoms with Crippen LogP contribution in [0.5, 0.6) is 0 Å². The van der Waals surface area contributed by atoms with E-state index in [1.165, 1.54) is 0 Å². The third kappa shape index (κ3) is 3.53. The summed E-state index contributed by atoms with van der Waals surface area (Å²) in [7, 11) is 0. The monoisotopic (exact) mass is 264 g/mol. The van der Waals surface area contributed by atoms with Crippen LogP contribution >= 0.6 is 12.2 Å². The molecular formula is C14H20N2OS. The summed E-state index contributed by atoms with van der Waals surface area (Å²) in [5, 5.41) is 2.87. The maximum absolute atomic E-state index is 12.1. The number of carbonyl (C=O) groups excluding carboxylic acids is 1. The zero-order valence-electron chi connectivity index (χ0n) is 11.3. The first-order valence-electron chi connectivity index (χ1n) is 5.98. The average Bonchev–Trinajstić information content (AvgIpc) is 2.24. The van der Waals surface area contributed by atoms with Gasteiger partial charge in [0.15, 0.2) is 0 Å². The van der Waals surface area contributed by atoms with Crippen LogP contribution in [0, 0.1) is 26.7 Å². The number of thiocarbonyl (C=S) groups is 1. The van der Waals surface area contributed by atoms with E-state index in [0.717, 1.165) is 22.3 Å². The molecule has 0 radical (unpaired) electrons. The van der Waals surface area contributed by atoms with Crippen molar-refractivity contribution in [3.8, 4) is 0 Å². The van der Waals surface area contributed by atoms with Gasteiger partial charge in [-0.3, -0.25) is 4.79 Å². The van der Waals surface area contributed by atoms with Crippen LogP contribution in [0.1, 0.15) is 34.0 Å². The Bertz CT molecular complexity index is 460. The van der Waals surface area contributed by atoms with Crippen molar-refractivity contribution < 1.29 is 4.79 Å². The molecule has 0 aliphatic rings.